The maximum atomic E-state index is 12.2. The zero-order valence-electron chi connectivity index (χ0n) is 12.7. The maximum Gasteiger partial charge on any atom is 0.344 e. The molecule has 0 spiro atoms. The first-order chi connectivity index (χ1) is 11.5. The highest BCUT2D eigenvalue weighted by Gasteiger charge is 2.36. The van der Waals surface area contributed by atoms with Crippen molar-refractivity contribution in [1.29, 1.82) is 0 Å². The minimum atomic E-state index is -0.734. The lowest BCUT2D eigenvalue weighted by Gasteiger charge is -2.16. The van der Waals surface area contributed by atoms with Crippen LogP contribution in [0.15, 0.2) is 24.3 Å². The van der Waals surface area contributed by atoms with Gasteiger partial charge in [0.05, 0.1) is 35.0 Å². The fraction of sp³-hybridized carbons (Fsp3) is 0.188. The summed E-state index contributed by atoms with van der Waals surface area (Å²) >= 11 is 18.1. The van der Waals surface area contributed by atoms with E-state index >= 15 is 0 Å². The first-order valence-electron chi connectivity index (χ1n) is 6.83. The van der Waals surface area contributed by atoms with E-state index in [1.54, 1.807) is 18.2 Å². The number of anilines is 1. The molecule has 3 rings (SSSR count). The molecule has 0 saturated heterocycles. The van der Waals surface area contributed by atoms with Gasteiger partial charge >= 0.3 is 5.97 Å². The summed E-state index contributed by atoms with van der Waals surface area (Å²) in [4.78, 5) is 12.2. The number of hydrogen-bond acceptors (Lipinski definition) is 5. The number of fused-ring (bicyclic) bond motifs is 1. The van der Waals surface area contributed by atoms with Crippen LogP contribution in [0, 0.1) is 0 Å². The molecule has 0 bridgehead atoms. The normalized spacial score (nSPS) is 15.7. The first kappa shape index (κ1) is 17.0. The van der Waals surface area contributed by atoms with Crippen molar-refractivity contribution in [2.75, 3.05) is 19.5 Å². The lowest BCUT2D eigenvalue weighted by Crippen LogP contribution is -2.10. The SMILES string of the molecule is COc1ccc2c(c1OC)C(=O)O[C@H]2Nc1cc(Cl)c(Cl)cc1Cl. The molecule has 1 N–H and O–H groups in total. The van der Waals surface area contributed by atoms with Crippen LogP contribution in [0.25, 0.3) is 0 Å². The molecule has 5 nitrogen and oxygen atoms in total. The minimum absolute atomic E-state index is 0.311. The molecule has 0 saturated carbocycles. The fourth-order valence-corrected chi connectivity index (χ4v) is 3.08. The molecule has 0 unspecified atom stereocenters. The Hall–Kier alpha value is -1.82. The summed E-state index contributed by atoms with van der Waals surface area (Å²) < 4.78 is 15.9. The molecule has 0 fully saturated rings. The van der Waals surface area contributed by atoms with Gasteiger partial charge in [0.15, 0.2) is 11.5 Å². The number of esters is 1. The van der Waals surface area contributed by atoms with E-state index in [1.165, 1.54) is 20.3 Å². The second-order valence-corrected chi connectivity index (χ2v) is 6.16. The Morgan fingerprint density at radius 1 is 1.04 bits per heavy atom. The number of methoxy groups -OCH3 is 2. The van der Waals surface area contributed by atoms with Crippen LogP contribution in [0.1, 0.15) is 22.1 Å². The molecule has 1 atom stereocenters. The van der Waals surface area contributed by atoms with Crippen molar-refractivity contribution in [2.45, 2.75) is 6.23 Å². The van der Waals surface area contributed by atoms with Gasteiger partial charge in [-0.05, 0) is 24.3 Å². The summed E-state index contributed by atoms with van der Waals surface area (Å²) in [5, 5.41) is 4.06. The third-order valence-electron chi connectivity index (χ3n) is 3.59. The van der Waals surface area contributed by atoms with Crippen LogP contribution in [0.2, 0.25) is 15.1 Å². The molecule has 2 aromatic rings. The van der Waals surface area contributed by atoms with E-state index in [-0.39, 0.29) is 0 Å². The molecular formula is C16H12Cl3NO4. The highest BCUT2D eigenvalue weighted by molar-refractivity contribution is 6.44. The van der Waals surface area contributed by atoms with Gasteiger partial charge in [-0.25, -0.2) is 4.79 Å². The second kappa shape index (κ2) is 6.59. The molecule has 126 valence electrons. The summed E-state index contributed by atoms with van der Waals surface area (Å²) in [5.41, 5.74) is 1.41. The number of benzene rings is 2. The van der Waals surface area contributed by atoms with Crippen molar-refractivity contribution >= 4 is 46.5 Å². The third kappa shape index (κ3) is 2.83. The number of carbonyl (C=O) groups is 1. The Labute approximate surface area is 153 Å². The molecule has 2 aromatic carbocycles. The van der Waals surface area contributed by atoms with Crippen molar-refractivity contribution in [3.63, 3.8) is 0 Å². The predicted molar refractivity (Wildman–Crippen MR) is 92.8 cm³/mol. The Balaban J connectivity index is 2.00. The van der Waals surface area contributed by atoms with Gasteiger partial charge in [0, 0.05) is 5.56 Å². The van der Waals surface area contributed by atoms with Gasteiger partial charge < -0.3 is 19.5 Å². The zero-order chi connectivity index (χ0) is 17.4. The summed E-state index contributed by atoms with van der Waals surface area (Å²) in [7, 11) is 2.96. The van der Waals surface area contributed by atoms with E-state index in [1.807, 2.05) is 0 Å². The van der Waals surface area contributed by atoms with Gasteiger partial charge in [0.2, 0.25) is 6.23 Å². The van der Waals surface area contributed by atoms with Crippen LogP contribution in [0.4, 0.5) is 5.69 Å². The van der Waals surface area contributed by atoms with Gasteiger partial charge in [0.25, 0.3) is 0 Å². The third-order valence-corrected chi connectivity index (χ3v) is 4.62. The average Bonchev–Trinajstić information content (AvgIpc) is 2.87. The van der Waals surface area contributed by atoms with Crippen LogP contribution in [0.5, 0.6) is 11.5 Å². The number of nitrogens with one attached hydrogen (secondary N) is 1. The van der Waals surface area contributed by atoms with E-state index in [9.17, 15) is 4.79 Å². The van der Waals surface area contributed by atoms with Crippen molar-refractivity contribution in [3.05, 3.63) is 50.5 Å². The van der Waals surface area contributed by atoms with Crippen LogP contribution in [0.3, 0.4) is 0 Å². The van der Waals surface area contributed by atoms with Crippen molar-refractivity contribution in [3.8, 4) is 11.5 Å². The van der Waals surface area contributed by atoms with E-state index in [0.717, 1.165) is 0 Å². The first-order valence-corrected chi connectivity index (χ1v) is 7.96. The maximum absolute atomic E-state index is 12.2. The van der Waals surface area contributed by atoms with Crippen molar-refractivity contribution in [2.24, 2.45) is 0 Å². The standard InChI is InChI=1S/C16H12Cl3NO4/c1-22-12-4-3-7-13(14(12)23-2)16(21)24-15(7)20-11-6-9(18)8(17)5-10(11)19/h3-6,15,20H,1-2H3/t15-/m1/s1. The van der Waals surface area contributed by atoms with E-state index in [4.69, 9.17) is 49.0 Å². The van der Waals surface area contributed by atoms with Gasteiger partial charge in [-0.3, -0.25) is 0 Å². The molecule has 0 aromatic heterocycles. The molecule has 1 aliphatic heterocycles. The lowest BCUT2D eigenvalue weighted by atomic mass is 10.1. The molecule has 1 aliphatic rings. The predicted octanol–water partition coefficient (Wildman–Crippen LogP) is 4.95. The van der Waals surface area contributed by atoms with E-state index in [0.29, 0.717) is 43.4 Å². The monoisotopic (exact) mass is 387 g/mol. The van der Waals surface area contributed by atoms with Crippen LogP contribution in [-0.2, 0) is 4.74 Å². The molecule has 0 amide bonds. The quantitative estimate of drug-likeness (QED) is 0.593. The van der Waals surface area contributed by atoms with Crippen LogP contribution >= 0.6 is 34.8 Å². The van der Waals surface area contributed by atoms with E-state index in [2.05, 4.69) is 5.32 Å². The summed E-state index contributed by atoms with van der Waals surface area (Å²) in [6, 6.07) is 6.51. The molecule has 24 heavy (non-hydrogen) atoms. The molecular weight excluding hydrogens is 377 g/mol. The Morgan fingerprint density at radius 3 is 2.42 bits per heavy atom. The number of carbonyl (C=O) groups excluding carboxylic acids is 1. The second-order valence-electron chi connectivity index (χ2n) is 4.94. The Kier molecular flexibility index (Phi) is 4.67. The molecule has 8 heteroatoms. The minimum Gasteiger partial charge on any atom is -0.493 e. The topological polar surface area (TPSA) is 56.8 Å². The van der Waals surface area contributed by atoms with E-state index < -0.39 is 12.2 Å². The molecule has 1 heterocycles. The van der Waals surface area contributed by atoms with Gasteiger partial charge in [-0.15, -0.1) is 0 Å². The number of rotatable bonds is 4. The molecule has 0 aliphatic carbocycles. The summed E-state index contributed by atoms with van der Waals surface area (Å²) in [6.45, 7) is 0. The van der Waals surface area contributed by atoms with Crippen molar-refractivity contribution in [1.82, 2.24) is 0 Å². The highest BCUT2D eigenvalue weighted by atomic mass is 35.5. The largest absolute Gasteiger partial charge is 0.493 e. The number of ether oxygens (including phenoxy) is 3. The number of halogens is 3. The lowest BCUT2D eigenvalue weighted by molar-refractivity contribution is 0.0435. The van der Waals surface area contributed by atoms with Gasteiger partial charge in [-0.2, -0.15) is 0 Å². The highest BCUT2D eigenvalue weighted by Crippen LogP contribution is 2.43. The van der Waals surface area contributed by atoms with Gasteiger partial charge in [-0.1, -0.05) is 34.8 Å². The van der Waals surface area contributed by atoms with Crippen molar-refractivity contribution < 1.29 is 19.0 Å². The average molecular weight is 389 g/mol. The van der Waals surface area contributed by atoms with Crippen LogP contribution in [-0.4, -0.2) is 20.2 Å². The van der Waals surface area contributed by atoms with Gasteiger partial charge in [0.1, 0.15) is 5.56 Å². The summed E-state index contributed by atoms with van der Waals surface area (Å²) in [5.74, 6) is 0.250. The Bertz CT molecular complexity index is 825. The number of hydrogen-bond donors (Lipinski definition) is 1. The number of cyclic esters (lactones) is 1. The van der Waals surface area contributed by atoms with Crippen LogP contribution < -0.4 is 14.8 Å². The smallest absolute Gasteiger partial charge is 0.344 e. The summed E-state index contributed by atoms with van der Waals surface area (Å²) in [6.07, 6.45) is -0.734. The zero-order valence-corrected chi connectivity index (χ0v) is 14.9. The molecule has 0 radical (unpaired) electrons. The fourth-order valence-electron chi connectivity index (χ4n) is 2.48. The Morgan fingerprint density at radius 2 is 1.75 bits per heavy atom.